The Morgan fingerprint density at radius 2 is 1.92 bits per heavy atom. The number of benzene rings is 2. The van der Waals surface area contributed by atoms with Crippen LogP contribution in [0.3, 0.4) is 0 Å². The average Bonchev–Trinajstić information content (AvgIpc) is 3.27. The number of anilines is 1. The first-order chi connectivity index (χ1) is 17.2. The Bertz CT molecular complexity index is 1190. The molecule has 4 rings (SSSR count). The molecule has 1 aliphatic heterocycles. The van der Waals surface area contributed by atoms with Crippen molar-refractivity contribution < 1.29 is 19.4 Å². The number of nitrogens with zero attached hydrogens (tertiary/aromatic N) is 4. The van der Waals surface area contributed by atoms with E-state index in [2.05, 4.69) is 27.8 Å². The standard InChI is InChI=1S/C23H24Cl3N5O4S/c1-13-18(12-36-22-28-29-30-31(22)2)34-20(35-19(13)15-8-6-14(11-32)7-9-15)16-4-3-5-17(10-16)27-21(33)23(24,25)26/h3-10,13,18-20,32H,11-12H2,1-2H3,(H,27,33)/t13-,18+,19+,20+/m1/s1. The lowest BCUT2D eigenvalue weighted by Crippen LogP contribution is -2.38. The number of amides is 1. The summed E-state index contributed by atoms with van der Waals surface area (Å²) in [4.78, 5) is 12.1. The Morgan fingerprint density at radius 1 is 1.17 bits per heavy atom. The second-order valence-corrected chi connectivity index (χ2v) is 11.6. The number of hydrogen-bond donors (Lipinski definition) is 2. The van der Waals surface area contributed by atoms with Gasteiger partial charge in [-0.3, -0.25) is 4.79 Å². The second kappa shape index (κ2) is 11.6. The van der Waals surface area contributed by atoms with Crippen molar-refractivity contribution in [2.24, 2.45) is 13.0 Å². The van der Waals surface area contributed by atoms with Gasteiger partial charge < -0.3 is 19.9 Å². The summed E-state index contributed by atoms with van der Waals surface area (Å²) in [5.74, 6) is -0.191. The molecule has 0 radical (unpaired) electrons. The summed E-state index contributed by atoms with van der Waals surface area (Å²) in [5.41, 5.74) is 2.91. The first-order valence-electron chi connectivity index (χ1n) is 11.0. The van der Waals surface area contributed by atoms with Gasteiger partial charge in [-0.25, -0.2) is 4.68 Å². The fourth-order valence-corrected chi connectivity index (χ4v) is 4.93. The molecule has 192 valence electrons. The highest BCUT2D eigenvalue weighted by molar-refractivity contribution is 7.99. The first kappa shape index (κ1) is 27.1. The molecular formula is C23H24Cl3N5O4S. The molecule has 1 aliphatic rings. The molecule has 36 heavy (non-hydrogen) atoms. The summed E-state index contributed by atoms with van der Waals surface area (Å²) in [7, 11) is 1.78. The van der Waals surface area contributed by atoms with Crippen LogP contribution in [0, 0.1) is 5.92 Å². The van der Waals surface area contributed by atoms with Crippen molar-refractivity contribution in [2.75, 3.05) is 11.1 Å². The lowest BCUT2D eigenvalue weighted by molar-refractivity contribution is -0.268. The maximum Gasteiger partial charge on any atom is 0.276 e. The predicted octanol–water partition coefficient (Wildman–Crippen LogP) is 4.59. The van der Waals surface area contributed by atoms with E-state index in [4.69, 9.17) is 44.3 Å². The highest BCUT2D eigenvalue weighted by Crippen LogP contribution is 2.43. The number of rotatable bonds is 7. The molecule has 13 heteroatoms. The number of aryl methyl sites for hydroxylation is 1. The molecule has 2 aromatic carbocycles. The highest BCUT2D eigenvalue weighted by atomic mass is 35.6. The van der Waals surface area contributed by atoms with Crippen molar-refractivity contribution in [3.63, 3.8) is 0 Å². The molecule has 0 bridgehead atoms. The highest BCUT2D eigenvalue weighted by Gasteiger charge is 2.39. The number of carbonyl (C=O) groups is 1. The summed E-state index contributed by atoms with van der Waals surface area (Å²) in [6, 6.07) is 14.6. The molecule has 9 nitrogen and oxygen atoms in total. The number of thioether (sulfide) groups is 1. The van der Waals surface area contributed by atoms with E-state index >= 15 is 0 Å². The zero-order valence-electron chi connectivity index (χ0n) is 19.3. The summed E-state index contributed by atoms with van der Waals surface area (Å²) >= 11 is 18.6. The Balaban J connectivity index is 1.59. The van der Waals surface area contributed by atoms with Gasteiger partial charge in [0.2, 0.25) is 5.16 Å². The van der Waals surface area contributed by atoms with Crippen molar-refractivity contribution >= 4 is 58.2 Å². The van der Waals surface area contributed by atoms with Gasteiger partial charge >= 0.3 is 0 Å². The quantitative estimate of drug-likeness (QED) is 0.312. The third kappa shape index (κ3) is 6.49. The minimum Gasteiger partial charge on any atom is -0.392 e. The van der Waals surface area contributed by atoms with Gasteiger partial charge in [0.05, 0.1) is 18.8 Å². The zero-order chi connectivity index (χ0) is 25.9. The third-order valence-corrected chi connectivity index (χ3v) is 7.37. The van der Waals surface area contributed by atoms with Gasteiger partial charge in [0, 0.05) is 30.0 Å². The van der Waals surface area contributed by atoms with Gasteiger partial charge in [-0.1, -0.05) is 89.9 Å². The number of aliphatic hydroxyl groups excluding tert-OH is 1. The maximum absolute atomic E-state index is 12.1. The summed E-state index contributed by atoms with van der Waals surface area (Å²) in [6.45, 7) is 2.03. The van der Waals surface area contributed by atoms with Gasteiger partial charge in [-0.15, -0.1) is 5.10 Å². The first-order valence-corrected chi connectivity index (χ1v) is 13.1. The lowest BCUT2D eigenvalue weighted by Gasteiger charge is -2.41. The van der Waals surface area contributed by atoms with Crippen LogP contribution in [0.2, 0.25) is 0 Å². The SMILES string of the molecule is C[C@@H]1[C@H](CSc2nnnn2C)O[C@H](c2cccc(NC(=O)C(Cl)(Cl)Cl)c2)O[C@@H]1c1ccc(CO)cc1. The average molecular weight is 573 g/mol. The number of ether oxygens (including phenoxy) is 2. The molecule has 0 saturated carbocycles. The molecule has 2 N–H and O–H groups in total. The fourth-order valence-electron chi connectivity index (χ4n) is 3.78. The van der Waals surface area contributed by atoms with Crippen molar-refractivity contribution in [1.82, 2.24) is 20.2 Å². The molecule has 1 saturated heterocycles. The monoisotopic (exact) mass is 571 g/mol. The summed E-state index contributed by atoms with van der Waals surface area (Å²) in [5, 5.41) is 24.3. The van der Waals surface area contributed by atoms with E-state index in [1.54, 1.807) is 29.9 Å². The molecular weight excluding hydrogens is 549 g/mol. The Labute approximate surface area is 227 Å². The van der Waals surface area contributed by atoms with Gasteiger partial charge in [-0.2, -0.15) is 0 Å². The van der Waals surface area contributed by atoms with E-state index in [0.29, 0.717) is 22.2 Å². The minimum absolute atomic E-state index is 0.0119. The summed E-state index contributed by atoms with van der Waals surface area (Å²) in [6.07, 6.45) is -1.23. The van der Waals surface area contributed by atoms with Gasteiger partial charge in [0.1, 0.15) is 0 Å². The second-order valence-electron chi connectivity index (χ2n) is 8.30. The van der Waals surface area contributed by atoms with Crippen LogP contribution in [-0.4, -0.2) is 46.9 Å². The number of hydrogen-bond acceptors (Lipinski definition) is 8. The zero-order valence-corrected chi connectivity index (χ0v) is 22.4. The number of halogens is 3. The van der Waals surface area contributed by atoms with Crippen LogP contribution in [0.25, 0.3) is 0 Å². The van der Waals surface area contributed by atoms with Gasteiger partial charge in [0.25, 0.3) is 9.70 Å². The van der Waals surface area contributed by atoms with Crippen LogP contribution in [0.1, 0.15) is 36.0 Å². The van der Waals surface area contributed by atoms with E-state index < -0.39 is 16.0 Å². The van der Waals surface area contributed by atoms with Crippen LogP contribution in [0.5, 0.6) is 0 Å². The van der Waals surface area contributed by atoms with Crippen LogP contribution in [-0.2, 0) is 27.9 Å². The van der Waals surface area contributed by atoms with E-state index in [9.17, 15) is 9.90 Å². The molecule has 1 fully saturated rings. The molecule has 0 unspecified atom stereocenters. The minimum atomic E-state index is -2.09. The lowest BCUT2D eigenvalue weighted by atomic mass is 9.91. The molecule has 2 heterocycles. The number of tetrazole rings is 1. The normalized spacial score (nSPS) is 22.4. The Kier molecular flexibility index (Phi) is 8.77. The van der Waals surface area contributed by atoms with E-state index in [1.165, 1.54) is 11.8 Å². The van der Waals surface area contributed by atoms with Crippen LogP contribution in [0.4, 0.5) is 5.69 Å². The fraction of sp³-hybridized carbons (Fsp3) is 0.391. The molecule has 0 spiro atoms. The number of aliphatic hydroxyl groups is 1. The van der Waals surface area contributed by atoms with Crippen molar-refractivity contribution in [3.05, 3.63) is 65.2 Å². The summed E-state index contributed by atoms with van der Waals surface area (Å²) < 4.78 is 12.3. The van der Waals surface area contributed by atoms with Gasteiger partial charge in [-0.05, 0) is 33.7 Å². The number of alkyl halides is 3. The Hall–Kier alpha value is -1.92. The molecule has 1 amide bonds. The molecule has 3 aromatic rings. The van der Waals surface area contributed by atoms with Crippen LogP contribution < -0.4 is 5.32 Å². The maximum atomic E-state index is 12.1. The van der Waals surface area contributed by atoms with E-state index in [1.807, 2.05) is 30.3 Å². The molecule has 4 atom stereocenters. The number of aromatic nitrogens is 4. The third-order valence-electron chi connectivity index (χ3n) is 5.76. The predicted molar refractivity (Wildman–Crippen MR) is 138 cm³/mol. The Morgan fingerprint density at radius 3 is 2.56 bits per heavy atom. The van der Waals surface area contributed by atoms with Crippen molar-refractivity contribution in [3.8, 4) is 0 Å². The van der Waals surface area contributed by atoms with Crippen molar-refractivity contribution in [2.45, 2.75) is 41.0 Å². The van der Waals surface area contributed by atoms with Gasteiger partial charge in [0.15, 0.2) is 6.29 Å². The van der Waals surface area contributed by atoms with Crippen LogP contribution in [0.15, 0.2) is 53.7 Å². The van der Waals surface area contributed by atoms with E-state index in [0.717, 1.165) is 11.1 Å². The molecule has 0 aliphatic carbocycles. The van der Waals surface area contributed by atoms with Crippen molar-refractivity contribution in [1.29, 1.82) is 0 Å². The van der Waals surface area contributed by atoms with Crippen LogP contribution >= 0.6 is 46.6 Å². The smallest absolute Gasteiger partial charge is 0.276 e. The van der Waals surface area contributed by atoms with E-state index in [-0.39, 0.29) is 24.7 Å². The topological polar surface area (TPSA) is 111 Å². The number of nitrogens with one attached hydrogen (secondary N) is 1. The number of carbonyl (C=O) groups excluding carboxylic acids is 1. The largest absolute Gasteiger partial charge is 0.392 e. The molecule has 1 aromatic heterocycles.